The lowest BCUT2D eigenvalue weighted by Crippen LogP contribution is -2.20. The lowest BCUT2D eigenvalue weighted by Gasteiger charge is -2.07. The molecule has 0 saturated heterocycles. The van der Waals surface area contributed by atoms with E-state index in [1.54, 1.807) is 18.4 Å². The van der Waals surface area contributed by atoms with Crippen LogP contribution in [0.4, 0.5) is 10.1 Å². The fraction of sp³-hybridized carbons (Fsp3) is 0.182. The van der Waals surface area contributed by atoms with Gasteiger partial charge in [0.05, 0.1) is 12.8 Å². The lowest BCUT2D eigenvalue weighted by atomic mass is 10.2. The molecule has 0 aliphatic carbocycles. The van der Waals surface area contributed by atoms with Gasteiger partial charge in [-0.05, 0) is 61.9 Å². The summed E-state index contributed by atoms with van der Waals surface area (Å²) >= 11 is 0. The summed E-state index contributed by atoms with van der Waals surface area (Å²) in [7, 11) is 0. The Balaban J connectivity index is 1.54. The molecular weight excluding hydrogens is 375 g/mol. The number of anilines is 1. The van der Waals surface area contributed by atoms with Crippen LogP contribution in [0.15, 0.2) is 59.2 Å². The van der Waals surface area contributed by atoms with Gasteiger partial charge in [-0.25, -0.2) is 9.18 Å². The molecule has 3 rings (SSSR count). The van der Waals surface area contributed by atoms with Crippen molar-refractivity contribution < 1.29 is 23.1 Å². The molecule has 0 fully saturated rings. The molecule has 0 bridgehead atoms. The highest BCUT2D eigenvalue weighted by molar-refractivity contribution is 5.94. The molecule has 3 aromatic rings. The maximum absolute atomic E-state index is 13.1. The molecule has 0 aliphatic heterocycles. The standard InChI is InChI=1S/C22H21FN2O4/c1-15-11-17(16(2)25(15)13-20-7-4-10-28-20)8-9-22(27)29-14-21(26)24-19-6-3-5-18(23)12-19/h3-12H,13-14H2,1-2H3,(H,24,26)/b9-8+. The van der Waals surface area contributed by atoms with Crippen molar-refractivity contribution in [1.82, 2.24) is 4.57 Å². The third-order valence-corrected chi connectivity index (χ3v) is 4.36. The van der Waals surface area contributed by atoms with E-state index in [0.29, 0.717) is 12.2 Å². The molecule has 6 nitrogen and oxygen atoms in total. The Morgan fingerprint density at radius 3 is 2.76 bits per heavy atom. The number of aryl methyl sites for hydroxylation is 1. The Labute approximate surface area is 167 Å². The summed E-state index contributed by atoms with van der Waals surface area (Å²) < 4.78 is 25.5. The zero-order valence-electron chi connectivity index (χ0n) is 16.1. The first-order valence-corrected chi connectivity index (χ1v) is 9.02. The zero-order valence-corrected chi connectivity index (χ0v) is 16.1. The smallest absolute Gasteiger partial charge is 0.331 e. The van der Waals surface area contributed by atoms with Crippen LogP contribution in [0.2, 0.25) is 0 Å². The number of amides is 1. The molecule has 1 aromatic carbocycles. The van der Waals surface area contributed by atoms with E-state index in [1.165, 1.54) is 24.3 Å². The molecule has 0 radical (unpaired) electrons. The number of hydrogen-bond acceptors (Lipinski definition) is 4. The summed E-state index contributed by atoms with van der Waals surface area (Å²) in [6.07, 6.45) is 4.55. The van der Waals surface area contributed by atoms with Crippen LogP contribution in [0, 0.1) is 19.7 Å². The Bertz CT molecular complexity index is 1040. The third kappa shape index (κ3) is 5.44. The van der Waals surface area contributed by atoms with Crippen molar-refractivity contribution >= 4 is 23.6 Å². The number of carbonyl (C=O) groups excluding carboxylic acids is 2. The number of hydrogen-bond donors (Lipinski definition) is 1. The average Bonchev–Trinajstić information content (AvgIpc) is 3.28. The van der Waals surface area contributed by atoms with Gasteiger partial charge in [0.15, 0.2) is 6.61 Å². The van der Waals surface area contributed by atoms with Gasteiger partial charge in [0.25, 0.3) is 5.91 Å². The first-order chi connectivity index (χ1) is 13.9. The van der Waals surface area contributed by atoms with E-state index in [2.05, 4.69) is 9.88 Å². The van der Waals surface area contributed by atoms with Crippen molar-refractivity contribution in [2.45, 2.75) is 20.4 Å². The second-order valence-electron chi connectivity index (χ2n) is 6.49. The van der Waals surface area contributed by atoms with Crippen molar-refractivity contribution in [3.63, 3.8) is 0 Å². The van der Waals surface area contributed by atoms with Gasteiger partial charge in [0, 0.05) is 23.2 Å². The van der Waals surface area contributed by atoms with Crippen LogP contribution >= 0.6 is 0 Å². The number of furan rings is 1. The van der Waals surface area contributed by atoms with E-state index in [-0.39, 0.29) is 0 Å². The number of benzene rings is 1. The summed E-state index contributed by atoms with van der Waals surface area (Å²) in [5, 5.41) is 2.46. The van der Waals surface area contributed by atoms with Gasteiger partial charge in [-0.1, -0.05) is 6.07 Å². The summed E-state index contributed by atoms with van der Waals surface area (Å²) in [5.41, 5.74) is 3.17. The van der Waals surface area contributed by atoms with E-state index in [9.17, 15) is 14.0 Å². The number of carbonyl (C=O) groups is 2. The van der Waals surface area contributed by atoms with Gasteiger partial charge in [0.2, 0.25) is 0 Å². The molecular formula is C22H21FN2O4. The van der Waals surface area contributed by atoms with Crippen LogP contribution in [0.25, 0.3) is 6.08 Å². The van der Waals surface area contributed by atoms with Gasteiger partial charge in [-0.3, -0.25) is 4.79 Å². The van der Waals surface area contributed by atoms with Crippen molar-refractivity contribution in [2.24, 2.45) is 0 Å². The zero-order chi connectivity index (χ0) is 20.8. The minimum atomic E-state index is -0.643. The number of aromatic nitrogens is 1. The topological polar surface area (TPSA) is 73.5 Å². The Hall–Kier alpha value is -3.61. The number of halogens is 1. The van der Waals surface area contributed by atoms with E-state index >= 15 is 0 Å². The van der Waals surface area contributed by atoms with Gasteiger partial charge in [-0.2, -0.15) is 0 Å². The highest BCUT2D eigenvalue weighted by Gasteiger charge is 2.10. The molecule has 7 heteroatoms. The minimum absolute atomic E-state index is 0.297. The van der Waals surface area contributed by atoms with Crippen LogP contribution in [-0.2, 0) is 20.9 Å². The predicted molar refractivity (Wildman–Crippen MR) is 107 cm³/mol. The normalized spacial score (nSPS) is 11.0. The first kappa shape index (κ1) is 20.1. The summed E-state index contributed by atoms with van der Waals surface area (Å²) in [4.78, 5) is 23.7. The number of esters is 1. The van der Waals surface area contributed by atoms with Crippen molar-refractivity contribution in [1.29, 1.82) is 0 Å². The second-order valence-corrected chi connectivity index (χ2v) is 6.49. The SMILES string of the molecule is Cc1cc(/C=C/C(=O)OCC(=O)Nc2cccc(F)c2)c(C)n1Cc1ccco1. The molecule has 0 atom stereocenters. The van der Waals surface area contributed by atoms with Crippen molar-refractivity contribution in [2.75, 3.05) is 11.9 Å². The Kier molecular flexibility index (Phi) is 6.29. The van der Waals surface area contributed by atoms with Crippen LogP contribution in [0.1, 0.15) is 22.7 Å². The van der Waals surface area contributed by atoms with E-state index in [1.807, 2.05) is 32.0 Å². The predicted octanol–water partition coefficient (Wildman–Crippen LogP) is 4.08. The maximum atomic E-state index is 13.1. The fourth-order valence-corrected chi connectivity index (χ4v) is 2.90. The number of rotatable bonds is 7. The Morgan fingerprint density at radius 2 is 2.03 bits per heavy atom. The van der Waals surface area contributed by atoms with Crippen LogP contribution in [0.3, 0.4) is 0 Å². The number of nitrogens with one attached hydrogen (secondary N) is 1. The summed E-state index contributed by atoms with van der Waals surface area (Å²) in [6.45, 7) is 4.07. The van der Waals surface area contributed by atoms with Crippen LogP contribution < -0.4 is 5.32 Å². The monoisotopic (exact) mass is 396 g/mol. The average molecular weight is 396 g/mol. The van der Waals surface area contributed by atoms with Gasteiger partial charge in [0.1, 0.15) is 11.6 Å². The van der Waals surface area contributed by atoms with Crippen LogP contribution in [0.5, 0.6) is 0 Å². The lowest BCUT2D eigenvalue weighted by molar-refractivity contribution is -0.142. The molecule has 29 heavy (non-hydrogen) atoms. The third-order valence-electron chi connectivity index (χ3n) is 4.36. The van der Waals surface area contributed by atoms with Gasteiger partial charge < -0.3 is 19.0 Å². The molecule has 0 spiro atoms. The van der Waals surface area contributed by atoms with Crippen molar-refractivity contribution in [3.05, 3.63) is 83.3 Å². The molecule has 0 aliphatic rings. The molecule has 1 amide bonds. The van der Waals surface area contributed by atoms with Crippen LogP contribution in [-0.4, -0.2) is 23.1 Å². The molecule has 0 unspecified atom stereocenters. The summed E-state index contributed by atoms with van der Waals surface area (Å²) in [5.74, 6) is -0.817. The molecule has 2 aromatic heterocycles. The van der Waals surface area contributed by atoms with E-state index in [4.69, 9.17) is 9.15 Å². The largest absolute Gasteiger partial charge is 0.467 e. The van der Waals surface area contributed by atoms with E-state index < -0.39 is 24.3 Å². The Morgan fingerprint density at radius 1 is 1.21 bits per heavy atom. The number of nitrogens with zero attached hydrogens (tertiary/aromatic N) is 1. The first-order valence-electron chi connectivity index (χ1n) is 9.02. The van der Waals surface area contributed by atoms with E-state index in [0.717, 1.165) is 22.7 Å². The van der Waals surface area contributed by atoms with Crippen molar-refractivity contribution in [3.8, 4) is 0 Å². The maximum Gasteiger partial charge on any atom is 0.331 e. The molecule has 1 N–H and O–H groups in total. The highest BCUT2D eigenvalue weighted by atomic mass is 19.1. The second kappa shape index (κ2) is 9.05. The quantitative estimate of drug-likeness (QED) is 0.482. The molecule has 150 valence electrons. The highest BCUT2D eigenvalue weighted by Crippen LogP contribution is 2.18. The van der Waals surface area contributed by atoms with Gasteiger partial charge in [-0.15, -0.1) is 0 Å². The summed E-state index contributed by atoms with van der Waals surface area (Å²) in [6, 6.07) is 11.2. The fourth-order valence-electron chi connectivity index (χ4n) is 2.90. The minimum Gasteiger partial charge on any atom is -0.467 e. The molecule has 2 heterocycles. The van der Waals surface area contributed by atoms with Gasteiger partial charge >= 0.3 is 5.97 Å². The molecule has 0 saturated carbocycles. The number of ether oxygens (including phenoxy) is 1.